The van der Waals surface area contributed by atoms with Crippen molar-refractivity contribution in [3.8, 4) is 0 Å². The summed E-state index contributed by atoms with van der Waals surface area (Å²) in [4.78, 5) is 37.0. The number of thioether (sulfide) groups is 1. The van der Waals surface area contributed by atoms with Gasteiger partial charge in [-0.2, -0.15) is 4.98 Å². The number of nitrogens with zero attached hydrogens (tertiary/aromatic N) is 5. The molecule has 1 aliphatic heterocycles. The summed E-state index contributed by atoms with van der Waals surface area (Å²) in [5, 5.41) is 7.82. The molecule has 166 valence electrons. The number of anilines is 2. The fraction of sp³-hybridized carbons (Fsp3) is 0.550. The first-order valence-corrected chi connectivity index (χ1v) is 12.3. The van der Waals surface area contributed by atoms with Crippen molar-refractivity contribution >= 4 is 50.3 Å². The molecule has 1 saturated heterocycles. The standard InChI is InChI=1S/C20H26N6O3S2/c1-4-7-26-18(28)16-17(22-19(31-16)25-8-5-12(2)6-9-25)23-20(26)30-11-15(27)21-14-10-13(3)29-24-14/h10,12H,4-9,11H2,1-3H3,(H,21,24,27). The van der Waals surface area contributed by atoms with E-state index in [1.807, 2.05) is 6.92 Å². The molecule has 11 heteroatoms. The number of carbonyl (C=O) groups excluding carboxylic acids is 1. The Hall–Kier alpha value is -2.40. The Balaban J connectivity index is 1.55. The zero-order valence-corrected chi connectivity index (χ0v) is 19.5. The number of hydrogen-bond donors (Lipinski definition) is 1. The Kier molecular flexibility index (Phi) is 6.61. The number of fused-ring (bicyclic) bond motifs is 1. The zero-order chi connectivity index (χ0) is 22.0. The fourth-order valence-corrected chi connectivity index (χ4v) is 5.30. The van der Waals surface area contributed by atoms with Crippen LogP contribution in [0.15, 0.2) is 20.5 Å². The maximum Gasteiger partial charge on any atom is 0.273 e. The summed E-state index contributed by atoms with van der Waals surface area (Å²) < 4.78 is 7.19. The molecule has 9 nitrogen and oxygen atoms in total. The molecule has 4 rings (SSSR count). The van der Waals surface area contributed by atoms with Crippen molar-refractivity contribution in [1.82, 2.24) is 19.7 Å². The van der Waals surface area contributed by atoms with Gasteiger partial charge in [0.25, 0.3) is 5.56 Å². The molecule has 1 fully saturated rings. The van der Waals surface area contributed by atoms with E-state index in [4.69, 9.17) is 4.52 Å². The summed E-state index contributed by atoms with van der Waals surface area (Å²) in [6.07, 6.45) is 3.05. The third-order valence-corrected chi connectivity index (χ3v) is 7.27. The van der Waals surface area contributed by atoms with E-state index >= 15 is 0 Å². The highest BCUT2D eigenvalue weighted by Crippen LogP contribution is 2.30. The van der Waals surface area contributed by atoms with Crippen molar-refractivity contribution in [2.45, 2.75) is 51.7 Å². The van der Waals surface area contributed by atoms with Gasteiger partial charge in [-0.05, 0) is 32.1 Å². The predicted molar refractivity (Wildman–Crippen MR) is 123 cm³/mol. The molecule has 0 unspecified atom stereocenters. The van der Waals surface area contributed by atoms with Crippen LogP contribution in [-0.4, -0.2) is 44.4 Å². The molecule has 0 atom stereocenters. The number of hydrogen-bond acceptors (Lipinski definition) is 9. The summed E-state index contributed by atoms with van der Waals surface area (Å²) in [7, 11) is 0. The molecule has 0 bridgehead atoms. The number of nitrogens with one attached hydrogen (secondary N) is 1. The van der Waals surface area contributed by atoms with Crippen molar-refractivity contribution < 1.29 is 9.32 Å². The van der Waals surface area contributed by atoms with E-state index in [-0.39, 0.29) is 17.2 Å². The zero-order valence-electron chi connectivity index (χ0n) is 17.9. The van der Waals surface area contributed by atoms with E-state index < -0.39 is 0 Å². The van der Waals surface area contributed by atoms with Crippen LogP contribution in [0.5, 0.6) is 0 Å². The van der Waals surface area contributed by atoms with E-state index in [0.29, 0.717) is 33.6 Å². The van der Waals surface area contributed by atoms with E-state index in [2.05, 4.69) is 32.3 Å². The lowest BCUT2D eigenvalue weighted by molar-refractivity contribution is -0.113. The smallest absolute Gasteiger partial charge is 0.273 e. The lowest BCUT2D eigenvalue weighted by atomic mass is 10.00. The van der Waals surface area contributed by atoms with Crippen LogP contribution in [0, 0.1) is 12.8 Å². The van der Waals surface area contributed by atoms with Crippen molar-refractivity contribution in [1.29, 1.82) is 0 Å². The summed E-state index contributed by atoms with van der Waals surface area (Å²) in [6.45, 7) is 8.48. The second-order valence-corrected chi connectivity index (χ2v) is 9.75. The van der Waals surface area contributed by atoms with Gasteiger partial charge in [0.05, 0.1) is 5.75 Å². The van der Waals surface area contributed by atoms with E-state index in [0.717, 1.165) is 43.4 Å². The van der Waals surface area contributed by atoms with E-state index in [1.54, 1.807) is 17.6 Å². The third kappa shape index (κ3) is 4.93. The minimum Gasteiger partial charge on any atom is -0.360 e. The Bertz CT molecular complexity index is 1130. The SMILES string of the molecule is CCCn1c(SCC(=O)Nc2cc(C)on2)nc2nc(N3CCC(C)CC3)sc2c1=O. The molecule has 1 aliphatic rings. The fourth-order valence-electron chi connectivity index (χ4n) is 3.48. The first kappa shape index (κ1) is 21.8. The van der Waals surface area contributed by atoms with Gasteiger partial charge >= 0.3 is 0 Å². The molecule has 0 aromatic carbocycles. The molecule has 0 radical (unpaired) electrons. The topological polar surface area (TPSA) is 106 Å². The molecular formula is C20H26N6O3S2. The predicted octanol–water partition coefficient (Wildman–Crippen LogP) is 3.53. The molecule has 1 N–H and O–H groups in total. The van der Waals surface area contributed by atoms with Crippen molar-refractivity contribution in [3.05, 3.63) is 22.2 Å². The number of thiazole rings is 1. The van der Waals surface area contributed by atoms with Crippen LogP contribution < -0.4 is 15.8 Å². The summed E-state index contributed by atoms with van der Waals surface area (Å²) in [5.74, 6) is 1.58. The number of aromatic nitrogens is 4. The molecule has 0 saturated carbocycles. The van der Waals surface area contributed by atoms with Gasteiger partial charge in [0, 0.05) is 25.7 Å². The molecule has 1 amide bonds. The maximum atomic E-state index is 13.2. The molecule has 0 aliphatic carbocycles. The Labute approximate surface area is 188 Å². The minimum absolute atomic E-state index is 0.0870. The van der Waals surface area contributed by atoms with Crippen LogP contribution in [0.2, 0.25) is 0 Å². The third-order valence-electron chi connectivity index (χ3n) is 5.20. The Morgan fingerprint density at radius 3 is 2.81 bits per heavy atom. The Morgan fingerprint density at radius 1 is 1.35 bits per heavy atom. The number of rotatable bonds is 7. The first-order valence-electron chi connectivity index (χ1n) is 10.5. The normalized spacial score (nSPS) is 15.0. The van der Waals surface area contributed by atoms with Crippen LogP contribution in [0.1, 0.15) is 38.9 Å². The van der Waals surface area contributed by atoms with E-state index in [9.17, 15) is 9.59 Å². The van der Waals surface area contributed by atoms with Crippen LogP contribution in [-0.2, 0) is 11.3 Å². The monoisotopic (exact) mass is 462 g/mol. The van der Waals surface area contributed by atoms with Gasteiger partial charge in [-0.1, -0.05) is 42.1 Å². The number of piperidine rings is 1. The van der Waals surface area contributed by atoms with Gasteiger partial charge in [-0.25, -0.2) is 4.98 Å². The highest BCUT2D eigenvalue weighted by Gasteiger charge is 2.22. The maximum absolute atomic E-state index is 13.2. The van der Waals surface area contributed by atoms with Gasteiger partial charge in [0.1, 0.15) is 10.5 Å². The molecule has 31 heavy (non-hydrogen) atoms. The second kappa shape index (κ2) is 9.39. The van der Waals surface area contributed by atoms with Crippen LogP contribution in [0.3, 0.4) is 0 Å². The summed E-state index contributed by atoms with van der Waals surface area (Å²) >= 11 is 2.65. The largest absolute Gasteiger partial charge is 0.360 e. The van der Waals surface area contributed by atoms with Gasteiger partial charge in [-0.15, -0.1) is 0 Å². The molecule has 4 heterocycles. The van der Waals surface area contributed by atoms with Crippen LogP contribution >= 0.6 is 23.1 Å². The van der Waals surface area contributed by atoms with Gasteiger partial charge in [0.2, 0.25) is 5.91 Å². The highest BCUT2D eigenvalue weighted by atomic mass is 32.2. The lowest BCUT2D eigenvalue weighted by Crippen LogP contribution is -2.32. The van der Waals surface area contributed by atoms with Gasteiger partial charge < -0.3 is 14.7 Å². The quantitative estimate of drug-likeness (QED) is 0.420. The van der Waals surface area contributed by atoms with E-state index in [1.165, 1.54) is 23.1 Å². The van der Waals surface area contributed by atoms with Crippen LogP contribution in [0.25, 0.3) is 10.3 Å². The minimum atomic E-state index is -0.239. The Morgan fingerprint density at radius 2 is 2.13 bits per heavy atom. The first-order chi connectivity index (χ1) is 14.9. The van der Waals surface area contributed by atoms with Crippen molar-refractivity contribution in [2.75, 3.05) is 29.1 Å². The number of amides is 1. The van der Waals surface area contributed by atoms with Crippen molar-refractivity contribution in [3.63, 3.8) is 0 Å². The number of carbonyl (C=O) groups is 1. The van der Waals surface area contributed by atoms with Crippen LogP contribution in [0.4, 0.5) is 10.9 Å². The van der Waals surface area contributed by atoms with Gasteiger partial charge in [-0.3, -0.25) is 14.2 Å². The molecule has 0 spiro atoms. The average molecular weight is 463 g/mol. The van der Waals surface area contributed by atoms with Gasteiger partial charge in [0.15, 0.2) is 21.8 Å². The molecule has 3 aromatic heterocycles. The lowest BCUT2D eigenvalue weighted by Gasteiger charge is -2.29. The number of aryl methyl sites for hydroxylation is 1. The summed E-state index contributed by atoms with van der Waals surface area (Å²) in [5.41, 5.74) is 0.377. The molecule has 3 aromatic rings. The van der Waals surface area contributed by atoms with Crippen molar-refractivity contribution in [2.24, 2.45) is 5.92 Å². The summed E-state index contributed by atoms with van der Waals surface area (Å²) in [6, 6.07) is 1.65. The average Bonchev–Trinajstić information content (AvgIpc) is 3.35. The second-order valence-electron chi connectivity index (χ2n) is 7.83. The highest BCUT2D eigenvalue weighted by molar-refractivity contribution is 7.99. The molecular weight excluding hydrogens is 436 g/mol.